The van der Waals surface area contributed by atoms with Gasteiger partial charge in [-0.25, -0.2) is 13.4 Å². The molecule has 0 saturated carbocycles. The van der Waals surface area contributed by atoms with Gasteiger partial charge < -0.3 is 9.73 Å². The van der Waals surface area contributed by atoms with E-state index in [9.17, 15) is 13.2 Å². The lowest BCUT2D eigenvalue weighted by Gasteiger charge is -2.08. The number of nitrogens with zero attached hydrogens (tertiary/aromatic N) is 1. The second-order valence-electron chi connectivity index (χ2n) is 6.11. The van der Waals surface area contributed by atoms with Crippen molar-refractivity contribution in [2.45, 2.75) is 24.7 Å². The molecule has 0 bridgehead atoms. The van der Waals surface area contributed by atoms with Gasteiger partial charge >= 0.3 is 0 Å². The van der Waals surface area contributed by atoms with Crippen molar-refractivity contribution in [1.29, 1.82) is 0 Å². The molecule has 25 heavy (non-hydrogen) atoms. The third-order valence-electron chi connectivity index (χ3n) is 3.69. The van der Waals surface area contributed by atoms with E-state index < -0.39 is 15.7 Å². The summed E-state index contributed by atoms with van der Waals surface area (Å²) in [5, 5.41) is 2.72. The van der Waals surface area contributed by atoms with E-state index in [1.54, 1.807) is 30.3 Å². The highest BCUT2D eigenvalue weighted by Crippen LogP contribution is 2.24. The maximum atomic E-state index is 12.5. The number of benzene rings is 2. The molecular weight excluding hydrogens is 340 g/mol. The second-order valence-corrected chi connectivity index (χ2v) is 8.10. The lowest BCUT2D eigenvalue weighted by molar-refractivity contribution is 0.102. The van der Waals surface area contributed by atoms with Crippen molar-refractivity contribution in [1.82, 2.24) is 4.98 Å². The van der Waals surface area contributed by atoms with Crippen LogP contribution in [0.5, 0.6) is 0 Å². The molecule has 0 aliphatic heterocycles. The molecule has 3 aromatic rings. The van der Waals surface area contributed by atoms with E-state index >= 15 is 0 Å². The maximum Gasteiger partial charge on any atom is 0.256 e. The highest BCUT2D eigenvalue weighted by molar-refractivity contribution is 7.90. The van der Waals surface area contributed by atoms with Crippen LogP contribution < -0.4 is 5.32 Å². The maximum absolute atomic E-state index is 12.5. The Morgan fingerprint density at radius 2 is 1.88 bits per heavy atom. The molecule has 0 atom stereocenters. The largest absolute Gasteiger partial charge is 0.440 e. The van der Waals surface area contributed by atoms with Crippen LogP contribution in [0.4, 0.5) is 5.69 Å². The highest BCUT2D eigenvalue weighted by Gasteiger charge is 2.18. The molecule has 2 aromatic carbocycles. The third-order valence-corrected chi connectivity index (χ3v) is 4.84. The topological polar surface area (TPSA) is 89.3 Å². The summed E-state index contributed by atoms with van der Waals surface area (Å²) in [7, 11) is -3.50. The molecule has 1 aromatic heterocycles. The molecule has 0 unspecified atom stereocenters. The van der Waals surface area contributed by atoms with Crippen LogP contribution in [0.25, 0.3) is 11.1 Å². The monoisotopic (exact) mass is 358 g/mol. The zero-order chi connectivity index (χ0) is 18.2. The number of hydrogen-bond acceptors (Lipinski definition) is 5. The summed E-state index contributed by atoms with van der Waals surface area (Å²) < 4.78 is 29.3. The number of sulfone groups is 1. The summed E-state index contributed by atoms with van der Waals surface area (Å²) in [4.78, 5) is 16.9. The van der Waals surface area contributed by atoms with E-state index in [4.69, 9.17) is 4.42 Å². The van der Waals surface area contributed by atoms with Crippen LogP contribution >= 0.6 is 0 Å². The number of hydrogen-bond donors (Lipinski definition) is 1. The zero-order valence-electron chi connectivity index (χ0n) is 14.1. The fourth-order valence-electron chi connectivity index (χ4n) is 2.45. The van der Waals surface area contributed by atoms with Crippen LogP contribution in [0, 0.1) is 0 Å². The molecule has 0 radical (unpaired) electrons. The van der Waals surface area contributed by atoms with Crippen molar-refractivity contribution >= 4 is 32.5 Å². The molecule has 130 valence electrons. The fraction of sp³-hybridized carbons (Fsp3) is 0.222. The first-order chi connectivity index (χ1) is 11.8. The van der Waals surface area contributed by atoms with E-state index in [1.165, 1.54) is 12.1 Å². The van der Waals surface area contributed by atoms with Gasteiger partial charge in [-0.3, -0.25) is 4.79 Å². The van der Waals surface area contributed by atoms with Gasteiger partial charge in [-0.2, -0.15) is 0 Å². The van der Waals surface area contributed by atoms with Gasteiger partial charge in [0.05, 0.1) is 10.5 Å². The SMILES string of the molecule is CC(C)c1nc2cc(NC(=O)c3ccccc3S(C)(=O)=O)ccc2o1. The second kappa shape index (κ2) is 6.33. The van der Waals surface area contributed by atoms with Gasteiger partial charge in [0, 0.05) is 17.9 Å². The van der Waals surface area contributed by atoms with Crippen molar-refractivity contribution in [3.05, 3.63) is 53.9 Å². The average molecular weight is 358 g/mol. The minimum atomic E-state index is -3.50. The summed E-state index contributed by atoms with van der Waals surface area (Å²) in [5.74, 6) is 0.293. The molecule has 0 spiro atoms. The number of amides is 1. The molecule has 0 aliphatic rings. The molecule has 0 fully saturated rings. The van der Waals surface area contributed by atoms with Gasteiger partial charge in [-0.1, -0.05) is 26.0 Å². The molecule has 1 N–H and O–H groups in total. The Bertz CT molecular complexity index is 1050. The average Bonchev–Trinajstić information content (AvgIpc) is 2.97. The Kier molecular flexibility index (Phi) is 4.34. The number of oxazole rings is 1. The number of anilines is 1. The van der Waals surface area contributed by atoms with Crippen molar-refractivity contribution < 1.29 is 17.6 Å². The Morgan fingerprint density at radius 3 is 2.56 bits per heavy atom. The van der Waals surface area contributed by atoms with Crippen molar-refractivity contribution in [2.75, 3.05) is 11.6 Å². The molecule has 6 nitrogen and oxygen atoms in total. The molecule has 7 heteroatoms. The van der Waals surface area contributed by atoms with Crippen molar-refractivity contribution in [3.8, 4) is 0 Å². The Morgan fingerprint density at radius 1 is 1.16 bits per heavy atom. The van der Waals surface area contributed by atoms with Crippen molar-refractivity contribution in [3.63, 3.8) is 0 Å². The molecule has 1 heterocycles. The van der Waals surface area contributed by atoms with Crippen LogP contribution in [-0.4, -0.2) is 25.6 Å². The number of nitrogens with one attached hydrogen (secondary N) is 1. The third kappa shape index (κ3) is 3.56. The standard InChI is InChI=1S/C18H18N2O4S/c1-11(2)18-20-14-10-12(8-9-15(14)24-18)19-17(21)13-6-4-5-7-16(13)25(3,22)23/h4-11H,1-3H3,(H,19,21). The number of fused-ring (bicyclic) bond motifs is 1. The predicted molar refractivity (Wildman–Crippen MR) is 95.6 cm³/mol. The first kappa shape index (κ1) is 17.2. The van der Waals surface area contributed by atoms with E-state index in [1.807, 2.05) is 13.8 Å². The van der Waals surface area contributed by atoms with Gasteiger partial charge in [0.2, 0.25) is 0 Å². The van der Waals surface area contributed by atoms with E-state index in [2.05, 4.69) is 10.3 Å². The van der Waals surface area contributed by atoms with Gasteiger partial charge in [0.1, 0.15) is 5.52 Å². The first-order valence-corrected chi connectivity index (χ1v) is 9.66. The van der Waals surface area contributed by atoms with Gasteiger partial charge in [0.15, 0.2) is 21.3 Å². The van der Waals surface area contributed by atoms with Gasteiger partial charge in [0.25, 0.3) is 5.91 Å². The lowest BCUT2D eigenvalue weighted by atomic mass is 10.2. The van der Waals surface area contributed by atoms with Gasteiger partial charge in [-0.15, -0.1) is 0 Å². The van der Waals surface area contributed by atoms with E-state index in [0.717, 1.165) is 6.26 Å². The van der Waals surface area contributed by atoms with E-state index in [0.29, 0.717) is 22.7 Å². The van der Waals surface area contributed by atoms with Crippen LogP contribution in [0.15, 0.2) is 51.8 Å². The van der Waals surface area contributed by atoms with E-state index in [-0.39, 0.29) is 16.4 Å². The Hall–Kier alpha value is -2.67. The smallest absolute Gasteiger partial charge is 0.256 e. The summed E-state index contributed by atoms with van der Waals surface area (Å²) >= 11 is 0. The summed E-state index contributed by atoms with van der Waals surface area (Å²) in [6, 6.07) is 11.2. The molecule has 0 saturated heterocycles. The van der Waals surface area contributed by atoms with Gasteiger partial charge in [-0.05, 0) is 30.3 Å². The van der Waals surface area contributed by atoms with Crippen LogP contribution in [0.2, 0.25) is 0 Å². The van der Waals surface area contributed by atoms with Crippen molar-refractivity contribution in [2.24, 2.45) is 0 Å². The Balaban J connectivity index is 1.93. The van der Waals surface area contributed by atoms with Crippen LogP contribution in [0.1, 0.15) is 36.0 Å². The molecular formula is C18H18N2O4S. The lowest BCUT2D eigenvalue weighted by Crippen LogP contribution is -2.15. The zero-order valence-corrected chi connectivity index (χ0v) is 14.9. The van der Waals surface area contributed by atoms with Crippen LogP contribution in [-0.2, 0) is 9.84 Å². The number of carbonyl (C=O) groups is 1. The summed E-state index contributed by atoms with van der Waals surface area (Å²) in [6.45, 7) is 3.96. The number of carbonyl (C=O) groups excluding carboxylic acids is 1. The molecule has 0 aliphatic carbocycles. The minimum Gasteiger partial charge on any atom is -0.440 e. The minimum absolute atomic E-state index is 0.00268. The molecule has 3 rings (SSSR count). The predicted octanol–water partition coefficient (Wildman–Crippen LogP) is 3.61. The molecule has 1 amide bonds. The first-order valence-electron chi connectivity index (χ1n) is 7.76. The normalized spacial score (nSPS) is 11.8. The number of aromatic nitrogens is 1. The fourth-order valence-corrected chi connectivity index (χ4v) is 3.33. The quantitative estimate of drug-likeness (QED) is 0.769. The summed E-state index contributed by atoms with van der Waals surface area (Å²) in [5.41, 5.74) is 1.90. The van der Waals surface area contributed by atoms with Crippen LogP contribution in [0.3, 0.4) is 0 Å². The highest BCUT2D eigenvalue weighted by atomic mass is 32.2. The Labute approximate surface area is 145 Å². The number of rotatable bonds is 4. The summed E-state index contributed by atoms with van der Waals surface area (Å²) in [6.07, 6.45) is 1.08.